The second-order valence-corrected chi connectivity index (χ2v) is 2.06. The first-order valence-corrected chi connectivity index (χ1v) is 3.53. The highest BCUT2D eigenvalue weighted by Gasteiger charge is 1.78. The molecule has 0 aromatic heterocycles. The molecule has 0 aromatic carbocycles. The maximum Gasteiger partial charge on any atom is -0.0351 e. The normalized spacial score (nSPS) is 10.8. The van der Waals surface area contributed by atoms with E-state index in [1.165, 1.54) is 25.7 Å². The highest BCUT2D eigenvalue weighted by Crippen LogP contribution is 1.98. The lowest BCUT2D eigenvalue weighted by molar-refractivity contribution is 0.729. The zero-order valence-electron chi connectivity index (χ0n) is 5.98. The molecule has 0 aliphatic heterocycles. The summed E-state index contributed by atoms with van der Waals surface area (Å²) in [5.41, 5.74) is 0. The Labute approximate surface area is 52.6 Å². The Hall–Kier alpha value is -0.260. The third-order valence-corrected chi connectivity index (χ3v) is 1.21. The van der Waals surface area contributed by atoms with Crippen molar-refractivity contribution < 1.29 is 0 Å². The van der Waals surface area contributed by atoms with Gasteiger partial charge in [-0.05, 0) is 19.8 Å². The van der Waals surface area contributed by atoms with Crippen molar-refractivity contribution in [2.45, 2.75) is 39.5 Å². The molecule has 0 atom stereocenters. The molecule has 0 aliphatic carbocycles. The Morgan fingerprint density at radius 2 is 2.00 bits per heavy atom. The van der Waals surface area contributed by atoms with Gasteiger partial charge in [-0.3, -0.25) is 0 Å². The zero-order chi connectivity index (χ0) is 6.24. The van der Waals surface area contributed by atoms with E-state index >= 15 is 0 Å². The summed E-state index contributed by atoms with van der Waals surface area (Å²) in [5.74, 6) is 0. The number of unbranched alkanes of at least 4 members (excludes halogenated alkanes) is 3. The Kier molecular flexibility index (Phi) is 6.52. The number of rotatable bonds is 4. The molecule has 0 aliphatic rings. The van der Waals surface area contributed by atoms with Crippen LogP contribution in [0.4, 0.5) is 0 Å². The SMILES string of the molecule is C/C=C\CCCCC. The molecule has 8 heavy (non-hydrogen) atoms. The smallest absolute Gasteiger partial charge is 0.0351 e. The molecule has 0 heterocycles. The minimum absolute atomic E-state index is 1.27. The third kappa shape index (κ3) is 5.74. The van der Waals surface area contributed by atoms with Crippen LogP contribution in [0.3, 0.4) is 0 Å². The van der Waals surface area contributed by atoms with Crippen LogP contribution in [0.1, 0.15) is 39.5 Å². The van der Waals surface area contributed by atoms with Crippen LogP contribution in [0.25, 0.3) is 0 Å². The van der Waals surface area contributed by atoms with Crippen molar-refractivity contribution in [2.24, 2.45) is 0 Å². The van der Waals surface area contributed by atoms with Crippen LogP contribution in [0.5, 0.6) is 0 Å². The molecule has 0 spiro atoms. The minimum Gasteiger partial charge on any atom is -0.0917 e. The molecule has 0 radical (unpaired) electrons. The second kappa shape index (κ2) is 6.74. The van der Waals surface area contributed by atoms with Crippen molar-refractivity contribution in [3.8, 4) is 0 Å². The highest BCUT2D eigenvalue weighted by atomic mass is 13.8. The average Bonchev–Trinajstić information content (AvgIpc) is 1.81. The van der Waals surface area contributed by atoms with Crippen LogP contribution in [-0.2, 0) is 0 Å². The van der Waals surface area contributed by atoms with Crippen molar-refractivity contribution in [2.75, 3.05) is 0 Å². The van der Waals surface area contributed by atoms with Crippen molar-refractivity contribution in [1.82, 2.24) is 0 Å². The van der Waals surface area contributed by atoms with Crippen molar-refractivity contribution in [3.05, 3.63) is 12.2 Å². The predicted octanol–water partition coefficient (Wildman–Crippen LogP) is 3.14. The lowest BCUT2D eigenvalue weighted by Crippen LogP contribution is -1.68. The molecule has 0 amide bonds. The minimum atomic E-state index is 1.27. The van der Waals surface area contributed by atoms with Gasteiger partial charge in [-0.2, -0.15) is 0 Å². The lowest BCUT2D eigenvalue weighted by atomic mass is 10.2. The van der Waals surface area contributed by atoms with Gasteiger partial charge < -0.3 is 0 Å². The number of hydrogen-bond donors (Lipinski definition) is 0. The fourth-order valence-corrected chi connectivity index (χ4v) is 0.679. The van der Waals surface area contributed by atoms with Gasteiger partial charge in [-0.1, -0.05) is 31.9 Å². The molecule has 0 rings (SSSR count). The van der Waals surface area contributed by atoms with Crippen molar-refractivity contribution in [3.63, 3.8) is 0 Å². The molecule has 0 aromatic rings. The van der Waals surface area contributed by atoms with E-state index in [0.29, 0.717) is 0 Å². The van der Waals surface area contributed by atoms with Crippen LogP contribution in [-0.4, -0.2) is 0 Å². The van der Waals surface area contributed by atoms with Crippen LogP contribution in [0.2, 0.25) is 0 Å². The lowest BCUT2D eigenvalue weighted by Gasteiger charge is -1.88. The molecule has 0 fully saturated rings. The Morgan fingerprint density at radius 3 is 2.50 bits per heavy atom. The van der Waals surface area contributed by atoms with E-state index < -0.39 is 0 Å². The second-order valence-electron chi connectivity index (χ2n) is 2.06. The molecule has 0 heteroatoms. The quantitative estimate of drug-likeness (QED) is 0.387. The summed E-state index contributed by atoms with van der Waals surface area (Å²) < 4.78 is 0. The van der Waals surface area contributed by atoms with E-state index in [2.05, 4.69) is 26.0 Å². The maximum absolute atomic E-state index is 2.23. The topological polar surface area (TPSA) is 0 Å². The van der Waals surface area contributed by atoms with Gasteiger partial charge in [0.25, 0.3) is 0 Å². The maximum atomic E-state index is 2.23. The number of allylic oxidation sites excluding steroid dienone is 2. The van der Waals surface area contributed by atoms with Gasteiger partial charge in [-0.15, -0.1) is 0 Å². The van der Waals surface area contributed by atoms with Gasteiger partial charge in [0.05, 0.1) is 0 Å². The molecular weight excluding hydrogens is 96.1 g/mol. The monoisotopic (exact) mass is 112 g/mol. The average molecular weight is 112 g/mol. The van der Waals surface area contributed by atoms with E-state index in [4.69, 9.17) is 0 Å². The predicted molar refractivity (Wildman–Crippen MR) is 39.0 cm³/mol. The largest absolute Gasteiger partial charge is 0.0917 e. The zero-order valence-corrected chi connectivity index (χ0v) is 5.98. The van der Waals surface area contributed by atoms with E-state index in [9.17, 15) is 0 Å². The molecule has 0 saturated heterocycles. The van der Waals surface area contributed by atoms with Crippen LogP contribution in [0, 0.1) is 0 Å². The summed E-state index contributed by atoms with van der Waals surface area (Å²) in [6.07, 6.45) is 9.69. The van der Waals surface area contributed by atoms with Gasteiger partial charge in [0.1, 0.15) is 0 Å². The first-order valence-electron chi connectivity index (χ1n) is 3.53. The molecule has 0 bridgehead atoms. The van der Waals surface area contributed by atoms with Gasteiger partial charge in [0.15, 0.2) is 0 Å². The van der Waals surface area contributed by atoms with Gasteiger partial charge in [0.2, 0.25) is 0 Å². The molecule has 0 unspecified atom stereocenters. The van der Waals surface area contributed by atoms with Crippen LogP contribution >= 0.6 is 0 Å². The summed E-state index contributed by atoms with van der Waals surface area (Å²) in [6, 6.07) is 0. The Morgan fingerprint density at radius 1 is 1.25 bits per heavy atom. The summed E-state index contributed by atoms with van der Waals surface area (Å²) in [5, 5.41) is 0. The summed E-state index contributed by atoms with van der Waals surface area (Å²) >= 11 is 0. The van der Waals surface area contributed by atoms with Crippen molar-refractivity contribution >= 4 is 0 Å². The fourth-order valence-electron chi connectivity index (χ4n) is 0.679. The summed E-state index contributed by atoms with van der Waals surface area (Å²) in [6.45, 7) is 4.31. The molecular formula is C8H16. The first kappa shape index (κ1) is 7.74. The summed E-state index contributed by atoms with van der Waals surface area (Å²) in [4.78, 5) is 0. The standard InChI is InChI=1S/C8H16/c1-3-5-7-8-6-4-2/h3,5H,4,6-8H2,1-2H3/b5-3-. The van der Waals surface area contributed by atoms with E-state index in [1.54, 1.807) is 0 Å². The Bertz CT molecular complexity index is 53.1. The Balaban J connectivity index is 2.72. The molecule has 0 N–H and O–H groups in total. The molecule has 0 nitrogen and oxygen atoms in total. The van der Waals surface area contributed by atoms with Crippen LogP contribution < -0.4 is 0 Å². The number of hydrogen-bond acceptors (Lipinski definition) is 0. The van der Waals surface area contributed by atoms with Gasteiger partial charge in [0, 0.05) is 0 Å². The first-order chi connectivity index (χ1) is 3.91. The molecule has 0 saturated carbocycles. The third-order valence-electron chi connectivity index (χ3n) is 1.21. The van der Waals surface area contributed by atoms with E-state index in [-0.39, 0.29) is 0 Å². The van der Waals surface area contributed by atoms with Crippen molar-refractivity contribution in [1.29, 1.82) is 0 Å². The molecule has 48 valence electrons. The van der Waals surface area contributed by atoms with E-state index in [1.807, 2.05) is 0 Å². The van der Waals surface area contributed by atoms with Crippen LogP contribution in [0.15, 0.2) is 12.2 Å². The van der Waals surface area contributed by atoms with Gasteiger partial charge >= 0.3 is 0 Å². The highest BCUT2D eigenvalue weighted by molar-refractivity contribution is 4.75. The van der Waals surface area contributed by atoms with Gasteiger partial charge in [-0.25, -0.2) is 0 Å². The summed E-state index contributed by atoms with van der Waals surface area (Å²) in [7, 11) is 0. The van der Waals surface area contributed by atoms with E-state index in [0.717, 1.165) is 0 Å². The fraction of sp³-hybridized carbons (Fsp3) is 0.750.